The van der Waals surface area contributed by atoms with Crippen molar-refractivity contribution in [3.8, 4) is 5.75 Å². The number of hydrogen-bond donors (Lipinski definition) is 0. The summed E-state index contributed by atoms with van der Waals surface area (Å²) in [4.78, 5) is 19.3. The summed E-state index contributed by atoms with van der Waals surface area (Å²) in [6.07, 6.45) is 3.33. The third-order valence-electron chi connectivity index (χ3n) is 4.60. The van der Waals surface area contributed by atoms with Crippen molar-refractivity contribution in [1.29, 1.82) is 0 Å². The molecule has 0 atom stereocenters. The van der Waals surface area contributed by atoms with Crippen molar-refractivity contribution in [3.63, 3.8) is 0 Å². The lowest BCUT2D eigenvalue weighted by Gasteiger charge is -2.21. The molecular formula is C20H27N3O3. The molecule has 1 amide bonds. The molecule has 1 aliphatic heterocycles. The summed E-state index contributed by atoms with van der Waals surface area (Å²) >= 11 is 0. The van der Waals surface area contributed by atoms with Crippen molar-refractivity contribution < 1.29 is 14.3 Å². The first-order valence-corrected chi connectivity index (χ1v) is 9.12. The number of carbonyl (C=O) groups excluding carboxylic acids is 1. The first kappa shape index (κ1) is 18.5. The van der Waals surface area contributed by atoms with Crippen molar-refractivity contribution in [1.82, 2.24) is 14.5 Å². The highest BCUT2D eigenvalue weighted by Crippen LogP contribution is 2.19. The summed E-state index contributed by atoms with van der Waals surface area (Å²) in [5.74, 6) is 0.904. The molecule has 6 nitrogen and oxygen atoms in total. The van der Waals surface area contributed by atoms with Gasteiger partial charge in [-0.2, -0.15) is 0 Å². The molecule has 0 fully saturated rings. The van der Waals surface area contributed by atoms with E-state index >= 15 is 0 Å². The Kier molecular flexibility index (Phi) is 5.93. The Labute approximate surface area is 154 Å². The Morgan fingerprint density at radius 2 is 2.15 bits per heavy atom. The molecule has 6 heteroatoms. The van der Waals surface area contributed by atoms with Gasteiger partial charge in [-0.05, 0) is 38.0 Å². The minimum Gasteiger partial charge on any atom is -0.497 e. The fraction of sp³-hybridized carbons (Fsp3) is 0.500. The Balaban J connectivity index is 1.71. The molecule has 0 spiro atoms. The molecule has 0 radical (unpaired) electrons. The molecule has 140 valence electrons. The quantitative estimate of drug-likeness (QED) is 0.798. The Hall–Kier alpha value is -2.34. The SMILES string of the molecule is COc1cccc(CC(=O)N2CCCn3cnc(COC(C)C)c3C2)c1. The van der Waals surface area contributed by atoms with Crippen LogP contribution in [0.5, 0.6) is 5.75 Å². The van der Waals surface area contributed by atoms with Gasteiger partial charge in [0.25, 0.3) is 0 Å². The molecule has 0 saturated heterocycles. The summed E-state index contributed by atoms with van der Waals surface area (Å²) in [5, 5.41) is 0. The number of hydrogen-bond acceptors (Lipinski definition) is 4. The van der Waals surface area contributed by atoms with Gasteiger partial charge in [0.15, 0.2) is 0 Å². The number of methoxy groups -OCH3 is 1. The second-order valence-electron chi connectivity index (χ2n) is 6.89. The smallest absolute Gasteiger partial charge is 0.227 e. The number of amides is 1. The summed E-state index contributed by atoms with van der Waals surface area (Å²) in [7, 11) is 1.64. The third kappa shape index (κ3) is 4.43. The van der Waals surface area contributed by atoms with Crippen LogP contribution in [0, 0.1) is 0 Å². The minimum atomic E-state index is 0.128. The van der Waals surface area contributed by atoms with Crippen molar-refractivity contribution >= 4 is 5.91 Å². The summed E-state index contributed by atoms with van der Waals surface area (Å²) in [6, 6.07) is 7.69. The molecule has 1 aliphatic rings. The van der Waals surface area contributed by atoms with Gasteiger partial charge in [-0.15, -0.1) is 0 Å². The summed E-state index contributed by atoms with van der Waals surface area (Å²) in [6.45, 7) is 6.73. The van der Waals surface area contributed by atoms with Crippen LogP contribution in [0.3, 0.4) is 0 Å². The molecular weight excluding hydrogens is 330 g/mol. The molecule has 0 N–H and O–H groups in total. The van der Waals surface area contributed by atoms with E-state index in [0.29, 0.717) is 19.6 Å². The number of benzene rings is 1. The van der Waals surface area contributed by atoms with Crippen LogP contribution in [0.1, 0.15) is 37.2 Å². The monoisotopic (exact) mass is 357 g/mol. The van der Waals surface area contributed by atoms with Crippen LogP contribution >= 0.6 is 0 Å². The Morgan fingerprint density at radius 1 is 1.31 bits per heavy atom. The maximum Gasteiger partial charge on any atom is 0.227 e. The van der Waals surface area contributed by atoms with Crippen molar-refractivity contribution in [2.75, 3.05) is 13.7 Å². The zero-order valence-corrected chi connectivity index (χ0v) is 15.8. The molecule has 1 aromatic carbocycles. The molecule has 0 bridgehead atoms. The largest absolute Gasteiger partial charge is 0.497 e. The lowest BCUT2D eigenvalue weighted by atomic mass is 10.1. The number of rotatable bonds is 6. The van der Waals surface area contributed by atoms with Crippen LogP contribution < -0.4 is 4.74 Å². The van der Waals surface area contributed by atoms with E-state index < -0.39 is 0 Å². The molecule has 1 aromatic heterocycles. The van der Waals surface area contributed by atoms with Gasteiger partial charge in [0.2, 0.25) is 5.91 Å². The lowest BCUT2D eigenvalue weighted by Crippen LogP contribution is -2.32. The van der Waals surface area contributed by atoms with E-state index in [4.69, 9.17) is 9.47 Å². The van der Waals surface area contributed by atoms with Crippen molar-refractivity contribution in [2.45, 2.75) is 52.5 Å². The van der Waals surface area contributed by atoms with Gasteiger partial charge in [0, 0.05) is 13.1 Å². The van der Waals surface area contributed by atoms with Gasteiger partial charge in [0.1, 0.15) is 5.75 Å². The topological polar surface area (TPSA) is 56.6 Å². The average molecular weight is 357 g/mol. The van der Waals surface area contributed by atoms with Gasteiger partial charge in [-0.1, -0.05) is 12.1 Å². The number of carbonyl (C=O) groups is 1. The highest BCUT2D eigenvalue weighted by atomic mass is 16.5. The van der Waals surface area contributed by atoms with E-state index in [-0.39, 0.29) is 12.0 Å². The van der Waals surface area contributed by atoms with Crippen LogP contribution in [0.2, 0.25) is 0 Å². The number of fused-ring (bicyclic) bond motifs is 1. The number of imidazole rings is 1. The zero-order chi connectivity index (χ0) is 18.5. The normalized spacial score (nSPS) is 14.2. The van der Waals surface area contributed by atoms with E-state index in [0.717, 1.165) is 42.2 Å². The maximum absolute atomic E-state index is 12.9. The first-order chi connectivity index (χ1) is 12.6. The molecule has 3 rings (SSSR count). The molecule has 2 aromatic rings. The predicted molar refractivity (Wildman–Crippen MR) is 98.9 cm³/mol. The van der Waals surface area contributed by atoms with E-state index in [2.05, 4.69) is 9.55 Å². The number of ether oxygens (including phenoxy) is 2. The van der Waals surface area contributed by atoms with E-state index in [9.17, 15) is 4.79 Å². The second kappa shape index (κ2) is 8.36. The Bertz CT molecular complexity index is 755. The van der Waals surface area contributed by atoms with E-state index in [1.165, 1.54) is 0 Å². The molecule has 26 heavy (non-hydrogen) atoms. The van der Waals surface area contributed by atoms with E-state index in [1.54, 1.807) is 7.11 Å². The van der Waals surface area contributed by atoms with Crippen LogP contribution in [-0.4, -0.2) is 40.1 Å². The van der Waals surface area contributed by atoms with Crippen LogP contribution in [0.25, 0.3) is 0 Å². The van der Waals surface area contributed by atoms with Crippen molar-refractivity contribution in [3.05, 3.63) is 47.5 Å². The third-order valence-corrected chi connectivity index (χ3v) is 4.60. The fourth-order valence-corrected chi connectivity index (χ4v) is 3.16. The zero-order valence-electron chi connectivity index (χ0n) is 15.8. The summed E-state index contributed by atoms with van der Waals surface area (Å²) < 4.78 is 13.1. The highest BCUT2D eigenvalue weighted by Gasteiger charge is 2.22. The van der Waals surface area contributed by atoms with Gasteiger partial charge in [-0.3, -0.25) is 4.79 Å². The maximum atomic E-state index is 12.9. The van der Waals surface area contributed by atoms with Gasteiger partial charge >= 0.3 is 0 Å². The molecule has 0 unspecified atom stereocenters. The van der Waals surface area contributed by atoms with Crippen LogP contribution in [-0.2, 0) is 35.6 Å². The average Bonchev–Trinajstić information content (AvgIpc) is 2.87. The predicted octanol–water partition coefficient (Wildman–Crippen LogP) is 2.79. The Morgan fingerprint density at radius 3 is 2.92 bits per heavy atom. The van der Waals surface area contributed by atoms with Crippen molar-refractivity contribution in [2.24, 2.45) is 0 Å². The fourth-order valence-electron chi connectivity index (χ4n) is 3.16. The van der Waals surface area contributed by atoms with Gasteiger partial charge in [0.05, 0.1) is 50.5 Å². The number of aryl methyl sites for hydroxylation is 1. The number of nitrogens with zero attached hydrogens (tertiary/aromatic N) is 3. The van der Waals surface area contributed by atoms with E-state index in [1.807, 2.05) is 49.3 Å². The second-order valence-corrected chi connectivity index (χ2v) is 6.89. The molecule has 2 heterocycles. The van der Waals surface area contributed by atoms with Gasteiger partial charge in [-0.25, -0.2) is 4.98 Å². The highest BCUT2D eigenvalue weighted by molar-refractivity contribution is 5.79. The first-order valence-electron chi connectivity index (χ1n) is 9.12. The van der Waals surface area contributed by atoms with Gasteiger partial charge < -0.3 is 18.9 Å². The number of aromatic nitrogens is 2. The van der Waals surface area contributed by atoms with Crippen LogP contribution in [0.4, 0.5) is 0 Å². The molecule has 0 saturated carbocycles. The van der Waals surface area contributed by atoms with Crippen LogP contribution in [0.15, 0.2) is 30.6 Å². The standard InChI is InChI=1S/C20H27N3O3/c1-15(2)26-13-18-19-12-22(8-5-9-23(19)14-21-18)20(24)11-16-6-4-7-17(10-16)25-3/h4,6-7,10,14-15H,5,8-9,11-13H2,1-3H3. The lowest BCUT2D eigenvalue weighted by molar-refractivity contribution is -0.131. The molecule has 0 aliphatic carbocycles. The summed E-state index contributed by atoms with van der Waals surface area (Å²) in [5.41, 5.74) is 2.98. The minimum absolute atomic E-state index is 0.128.